The van der Waals surface area contributed by atoms with Crippen molar-refractivity contribution in [2.45, 2.75) is 0 Å². The molecular weight excluding hydrogens is 280 g/mol. The van der Waals surface area contributed by atoms with Gasteiger partial charge >= 0.3 is 0 Å². The Morgan fingerprint density at radius 3 is 2.89 bits per heavy atom. The lowest BCUT2D eigenvalue weighted by molar-refractivity contribution is -0.384. The van der Waals surface area contributed by atoms with Crippen molar-refractivity contribution >= 4 is 39.7 Å². The van der Waals surface area contributed by atoms with Crippen molar-refractivity contribution in [3.05, 3.63) is 45.1 Å². The maximum absolute atomic E-state index is 11.8. The van der Waals surface area contributed by atoms with E-state index in [0.717, 1.165) is 17.6 Å². The third-order valence-corrected chi connectivity index (χ3v) is 2.91. The van der Waals surface area contributed by atoms with Crippen LogP contribution in [0.1, 0.15) is 10.4 Å². The molecule has 0 radical (unpaired) electrons. The summed E-state index contributed by atoms with van der Waals surface area (Å²) in [6, 6.07) is 3.65. The lowest BCUT2D eigenvalue weighted by Crippen LogP contribution is -2.11. The molecule has 0 unspecified atom stereocenters. The fraction of sp³-hybridized carbons (Fsp3) is 0. The summed E-state index contributed by atoms with van der Waals surface area (Å²) in [7, 11) is 0. The molecule has 2 aromatic rings. The van der Waals surface area contributed by atoms with Crippen LogP contribution in [-0.2, 0) is 0 Å². The Balaban J connectivity index is 2.29. The quantitative estimate of drug-likeness (QED) is 0.689. The Labute approximate surface area is 110 Å². The van der Waals surface area contributed by atoms with E-state index >= 15 is 0 Å². The van der Waals surface area contributed by atoms with E-state index in [1.807, 2.05) is 0 Å². The summed E-state index contributed by atoms with van der Waals surface area (Å²) >= 11 is 6.82. The second kappa shape index (κ2) is 5.07. The number of amides is 1. The first kappa shape index (κ1) is 12.4. The Bertz CT molecular complexity index is 602. The van der Waals surface area contributed by atoms with Gasteiger partial charge in [0.15, 0.2) is 0 Å². The van der Waals surface area contributed by atoms with Gasteiger partial charge in [0.05, 0.1) is 21.7 Å². The van der Waals surface area contributed by atoms with E-state index in [0.29, 0.717) is 5.00 Å². The smallest absolute Gasteiger partial charge is 0.270 e. The average molecular weight is 285 g/mol. The predicted molar refractivity (Wildman–Crippen MR) is 66.0 cm³/mol. The number of nitro benzene ring substituents is 1. The van der Waals surface area contributed by atoms with Crippen LogP contribution in [0.15, 0.2) is 24.4 Å². The van der Waals surface area contributed by atoms with Crippen molar-refractivity contribution in [1.29, 1.82) is 0 Å². The molecule has 0 fully saturated rings. The van der Waals surface area contributed by atoms with Gasteiger partial charge in [-0.1, -0.05) is 16.1 Å². The molecular formula is C9H5ClN4O3S. The fourth-order valence-electron chi connectivity index (χ4n) is 1.20. The normalized spacial score (nSPS) is 10.1. The van der Waals surface area contributed by atoms with Crippen molar-refractivity contribution in [3.63, 3.8) is 0 Å². The van der Waals surface area contributed by atoms with Crippen LogP contribution in [0.25, 0.3) is 0 Å². The van der Waals surface area contributed by atoms with Gasteiger partial charge in [-0.25, -0.2) is 0 Å². The summed E-state index contributed by atoms with van der Waals surface area (Å²) < 4.78 is 3.57. The molecule has 2 rings (SSSR count). The summed E-state index contributed by atoms with van der Waals surface area (Å²) in [4.78, 5) is 21.9. The van der Waals surface area contributed by atoms with Gasteiger partial charge in [0.2, 0.25) is 0 Å². The van der Waals surface area contributed by atoms with E-state index in [9.17, 15) is 14.9 Å². The number of nitrogens with one attached hydrogen (secondary N) is 1. The zero-order chi connectivity index (χ0) is 13.1. The molecule has 0 atom stereocenters. The van der Waals surface area contributed by atoms with Gasteiger partial charge in [0, 0.05) is 23.7 Å². The molecule has 9 heteroatoms. The SMILES string of the molecule is O=C(Nc1cnns1)c1cc([N+](=O)[O-])ccc1Cl. The summed E-state index contributed by atoms with van der Waals surface area (Å²) in [5, 5.41) is 17.2. The highest BCUT2D eigenvalue weighted by molar-refractivity contribution is 7.10. The standard InChI is InChI=1S/C9H5ClN4O3S/c10-7-2-1-5(14(16)17)3-6(7)9(15)12-8-4-11-13-18-8/h1-4H,(H,12,15). The van der Waals surface area contributed by atoms with E-state index in [1.54, 1.807) is 0 Å². The number of nitro groups is 1. The minimum Gasteiger partial charge on any atom is -0.311 e. The molecule has 1 aromatic heterocycles. The number of benzene rings is 1. The Morgan fingerprint density at radius 2 is 2.28 bits per heavy atom. The van der Waals surface area contributed by atoms with Crippen LogP contribution in [0.3, 0.4) is 0 Å². The van der Waals surface area contributed by atoms with Crippen LogP contribution < -0.4 is 5.32 Å². The van der Waals surface area contributed by atoms with Crippen LogP contribution in [-0.4, -0.2) is 20.4 Å². The Kier molecular flexibility index (Phi) is 3.49. The molecule has 7 nitrogen and oxygen atoms in total. The van der Waals surface area contributed by atoms with Crippen LogP contribution in [0.5, 0.6) is 0 Å². The first-order chi connectivity index (χ1) is 8.58. The van der Waals surface area contributed by atoms with Gasteiger partial charge in [-0.2, -0.15) is 0 Å². The molecule has 18 heavy (non-hydrogen) atoms. The largest absolute Gasteiger partial charge is 0.311 e. The molecule has 0 aliphatic rings. The summed E-state index contributed by atoms with van der Waals surface area (Å²) in [5.41, 5.74) is -0.175. The van der Waals surface area contributed by atoms with Gasteiger partial charge in [-0.3, -0.25) is 14.9 Å². The van der Waals surface area contributed by atoms with E-state index in [1.165, 1.54) is 18.3 Å². The minimum atomic E-state index is -0.596. The summed E-state index contributed by atoms with van der Waals surface area (Å²) in [5.74, 6) is -0.547. The highest BCUT2D eigenvalue weighted by Crippen LogP contribution is 2.23. The highest BCUT2D eigenvalue weighted by Gasteiger charge is 2.16. The molecule has 0 saturated heterocycles. The molecule has 0 aliphatic carbocycles. The van der Waals surface area contributed by atoms with Gasteiger partial charge in [0.25, 0.3) is 11.6 Å². The zero-order valence-electron chi connectivity index (χ0n) is 8.66. The molecule has 1 amide bonds. The number of anilines is 1. The molecule has 1 aromatic carbocycles. The minimum absolute atomic E-state index is 0.0271. The Morgan fingerprint density at radius 1 is 1.50 bits per heavy atom. The maximum atomic E-state index is 11.8. The van der Waals surface area contributed by atoms with Crippen molar-refractivity contribution < 1.29 is 9.72 Å². The number of rotatable bonds is 3. The van der Waals surface area contributed by atoms with E-state index in [2.05, 4.69) is 14.9 Å². The predicted octanol–water partition coefficient (Wildman–Crippen LogP) is 2.35. The molecule has 1 N–H and O–H groups in total. The first-order valence-electron chi connectivity index (χ1n) is 4.60. The average Bonchev–Trinajstić information content (AvgIpc) is 2.81. The molecule has 0 saturated carbocycles. The van der Waals surface area contributed by atoms with Gasteiger partial charge in [-0.05, 0) is 6.07 Å². The fourth-order valence-corrected chi connectivity index (χ4v) is 1.82. The zero-order valence-corrected chi connectivity index (χ0v) is 10.2. The van der Waals surface area contributed by atoms with Crippen molar-refractivity contribution in [2.75, 3.05) is 5.32 Å². The molecule has 92 valence electrons. The van der Waals surface area contributed by atoms with Gasteiger partial charge in [0.1, 0.15) is 5.00 Å². The third-order valence-electron chi connectivity index (χ3n) is 2.00. The topological polar surface area (TPSA) is 98.0 Å². The maximum Gasteiger partial charge on any atom is 0.270 e. The highest BCUT2D eigenvalue weighted by atomic mass is 35.5. The third kappa shape index (κ3) is 2.60. The molecule has 0 bridgehead atoms. The number of nitrogens with zero attached hydrogens (tertiary/aromatic N) is 3. The first-order valence-corrected chi connectivity index (χ1v) is 5.75. The van der Waals surface area contributed by atoms with Gasteiger partial charge in [-0.15, -0.1) is 5.10 Å². The number of non-ortho nitro benzene ring substituents is 1. The Hall–Kier alpha value is -2.06. The molecule has 0 spiro atoms. The van der Waals surface area contributed by atoms with Crippen molar-refractivity contribution in [3.8, 4) is 0 Å². The lowest BCUT2D eigenvalue weighted by atomic mass is 10.2. The number of hydrogen-bond acceptors (Lipinski definition) is 6. The van der Waals surface area contributed by atoms with Crippen LogP contribution in [0, 0.1) is 10.1 Å². The van der Waals surface area contributed by atoms with Crippen molar-refractivity contribution in [1.82, 2.24) is 9.59 Å². The number of carbonyl (C=O) groups excluding carboxylic acids is 1. The van der Waals surface area contributed by atoms with Crippen LogP contribution in [0.2, 0.25) is 5.02 Å². The lowest BCUT2D eigenvalue weighted by Gasteiger charge is -2.03. The summed E-state index contributed by atoms with van der Waals surface area (Å²) in [6.45, 7) is 0. The van der Waals surface area contributed by atoms with Crippen LogP contribution >= 0.6 is 23.1 Å². The summed E-state index contributed by atoms with van der Waals surface area (Å²) in [6.07, 6.45) is 1.37. The molecule has 0 aliphatic heterocycles. The van der Waals surface area contributed by atoms with E-state index in [4.69, 9.17) is 11.6 Å². The van der Waals surface area contributed by atoms with E-state index in [-0.39, 0.29) is 16.3 Å². The second-order valence-corrected chi connectivity index (χ2v) is 4.35. The monoisotopic (exact) mass is 284 g/mol. The van der Waals surface area contributed by atoms with Gasteiger partial charge < -0.3 is 5.32 Å². The van der Waals surface area contributed by atoms with Crippen molar-refractivity contribution in [2.24, 2.45) is 0 Å². The number of carbonyl (C=O) groups is 1. The van der Waals surface area contributed by atoms with Crippen LogP contribution in [0.4, 0.5) is 10.7 Å². The number of aromatic nitrogens is 2. The number of halogens is 1. The number of hydrogen-bond donors (Lipinski definition) is 1. The van der Waals surface area contributed by atoms with E-state index < -0.39 is 10.8 Å². The molecule has 1 heterocycles. The second-order valence-electron chi connectivity index (χ2n) is 3.16.